The van der Waals surface area contributed by atoms with Gasteiger partial charge in [0.2, 0.25) is 0 Å². The fraction of sp³-hybridized carbons (Fsp3) is 0.533. The Labute approximate surface area is 115 Å². The van der Waals surface area contributed by atoms with Gasteiger partial charge in [-0.2, -0.15) is 13.2 Å². The molecule has 5 heteroatoms. The number of aryl methyl sites for hydroxylation is 2. The lowest BCUT2D eigenvalue weighted by Gasteiger charge is -2.16. The van der Waals surface area contributed by atoms with E-state index in [2.05, 4.69) is 4.74 Å². The normalized spacial score (nSPS) is 14.9. The predicted octanol–water partition coefficient (Wildman–Crippen LogP) is 3.72. The number of alkyl halides is 3. The number of fused-ring (bicyclic) bond motifs is 1. The van der Waals surface area contributed by atoms with Gasteiger partial charge in [0.15, 0.2) is 5.78 Å². The first-order chi connectivity index (χ1) is 9.46. The molecule has 0 N–H and O–H groups in total. The minimum Gasteiger partial charge on any atom is -0.372 e. The Bertz CT molecular complexity index is 480. The smallest absolute Gasteiger partial charge is 0.372 e. The summed E-state index contributed by atoms with van der Waals surface area (Å²) >= 11 is 0. The van der Waals surface area contributed by atoms with E-state index in [1.807, 2.05) is 12.1 Å². The van der Waals surface area contributed by atoms with Crippen molar-refractivity contribution in [2.75, 3.05) is 13.2 Å². The van der Waals surface area contributed by atoms with E-state index in [0.717, 1.165) is 19.3 Å². The van der Waals surface area contributed by atoms with Crippen LogP contribution in [0.4, 0.5) is 13.2 Å². The van der Waals surface area contributed by atoms with E-state index < -0.39 is 12.8 Å². The maximum absolute atomic E-state index is 11.9. The Balaban J connectivity index is 1.86. The van der Waals surface area contributed by atoms with Gasteiger partial charge >= 0.3 is 6.18 Å². The maximum Gasteiger partial charge on any atom is 0.411 e. The van der Waals surface area contributed by atoms with Gasteiger partial charge < -0.3 is 4.74 Å². The van der Waals surface area contributed by atoms with Crippen molar-refractivity contribution >= 4 is 5.78 Å². The summed E-state index contributed by atoms with van der Waals surface area (Å²) in [4.78, 5) is 11.9. The molecule has 0 heterocycles. The fourth-order valence-corrected chi connectivity index (χ4v) is 2.40. The molecule has 0 fully saturated rings. The maximum atomic E-state index is 11.9. The van der Waals surface area contributed by atoms with Crippen LogP contribution in [0.15, 0.2) is 18.2 Å². The van der Waals surface area contributed by atoms with Gasteiger partial charge in [-0.3, -0.25) is 4.79 Å². The highest BCUT2D eigenvalue weighted by Gasteiger charge is 2.27. The lowest BCUT2D eigenvalue weighted by molar-refractivity contribution is -0.173. The number of benzene rings is 1. The van der Waals surface area contributed by atoms with Gasteiger partial charge in [0.1, 0.15) is 6.61 Å². The van der Waals surface area contributed by atoms with Gasteiger partial charge in [0, 0.05) is 12.0 Å². The highest BCUT2D eigenvalue weighted by atomic mass is 19.4. The highest BCUT2D eigenvalue weighted by Crippen LogP contribution is 2.22. The minimum absolute atomic E-state index is 0.0190. The van der Waals surface area contributed by atoms with E-state index in [0.29, 0.717) is 5.56 Å². The first kappa shape index (κ1) is 15.0. The van der Waals surface area contributed by atoms with Crippen molar-refractivity contribution in [2.45, 2.75) is 38.3 Å². The number of hydrogen-bond donors (Lipinski definition) is 0. The summed E-state index contributed by atoms with van der Waals surface area (Å²) in [6.07, 6.45) is -0.0474. The van der Waals surface area contributed by atoms with E-state index >= 15 is 0 Å². The van der Waals surface area contributed by atoms with E-state index in [1.54, 1.807) is 6.07 Å². The molecule has 0 aliphatic heterocycles. The highest BCUT2D eigenvalue weighted by molar-refractivity contribution is 5.96. The molecule has 0 radical (unpaired) electrons. The van der Waals surface area contributed by atoms with E-state index in [1.165, 1.54) is 17.5 Å². The van der Waals surface area contributed by atoms with Gasteiger partial charge in [-0.1, -0.05) is 12.1 Å². The summed E-state index contributed by atoms with van der Waals surface area (Å²) < 4.78 is 40.1. The van der Waals surface area contributed by atoms with Crippen LogP contribution in [0.5, 0.6) is 0 Å². The third kappa shape index (κ3) is 4.34. The van der Waals surface area contributed by atoms with Crippen LogP contribution in [0.1, 0.15) is 40.7 Å². The van der Waals surface area contributed by atoms with Gasteiger partial charge in [-0.15, -0.1) is 0 Å². The van der Waals surface area contributed by atoms with Crippen molar-refractivity contribution < 1.29 is 22.7 Å². The van der Waals surface area contributed by atoms with Crippen molar-refractivity contribution in [3.8, 4) is 0 Å². The molecule has 2 nitrogen and oxygen atoms in total. The number of carbonyl (C=O) groups is 1. The summed E-state index contributed by atoms with van der Waals surface area (Å²) in [5.41, 5.74) is 3.04. The fourth-order valence-electron chi connectivity index (χ4n) is 2.40. The van der Waals surface area contributed by atoms with Crippen molar-refractivity contribution in [3.63, 3.8) is 0 Å². The van der Waals surface area contributed by atoms with Crippen molar-refractivity contribution in [2.24, 2.45) is 0 Å². The van der Waals surface area contributed by atoms with Crippen molar-refractivity contribution in [3.05, 3.63) is 34.9 Å². The molecule has 0 atom stereocenters. The molecule has 0 spiro atoms. The van der Waals surface area contributed by atoms with Crippen LogP contribution < -0.4 is 0 Å². The third-order valence-electron chi connectivity index (χ3n) is 3.41. The van der Waals surface area contributed by atoms with Gasteiger partial charge in [0.25, 0.3) is 0 Å². The van der Waals surface area contributed by atoms with Crippen LogP contribution in [0.3, 0.4) is 0 Å². The lowest BCUT2D eigenvalue weighted by atomic mass is 9.89. The molecule has 2 rings (SSSR count). The first-order valence-electron chi connectivity index (χ1n) is 6.75. The van der Waals surface area contributed by atoms with Crippen LogP contribution in [0.2, 0.25) is 0 Å². The Hall–Kier alpha value is -1.36. The molecule has 0 aromatic heterocycles. The Morgan fingerprint density at radius 1 is 1.15 bits per heavy atom. The molecule has 1 aromatic carbocycles. The molecule has 1 aliphatic carbocycles. The summed E-state index contributed by atoms with van der Waals surface area (Å²) in [5.74, 6) is -0.166. The monoisotopic (exact) mass is 286 g/mol. The van der Waals surface area contributed by atoms with E-state index in [-0.39, 0.29) is 18.8 Å². The Kier molecular flexibility index (Phi) is 4.81. The quantitative estimate of drug-likeness (QED) is 0.609. The number of ether oxygens (including phenoxy) is 1. The van der Waals surface area contributed by atoms with Crippen LogP contribution in [-0.2, 0) is 17.6 Å². The molecular weight excluding hydrogens is 269 g/mol. The zero-order valence-electron chi connectivity index (χ0n) is 11.1. The molecule has 0 saturated carbocycles. The molecule has 1 aromatic rings. The predicted molar refractivity (Wildman–Crippen MR) is 68.9 cm³/mol. The van der Waals surface area contributed by atoms with E-state index in [9.17, 15) is 18.0 Å². The second-order valence-corrected chi connectivity index (χ2v) is 5.03. The molecule has 110 valence electrons. The van der Waals surface area contributed by atoms with Crippen LogP contribution in [0, 0.1) is 0 Å². The molecule has 20 heavy (non-hydrogen) atoms. The minimum atomic E-state index is -4.34. The van der Waals surface area contributed by atoms with Crippen LogP contribution in [0.25, 0.3) is 0 Å². The largest absolute Gasteiger partial charge is 0.411 e. The number of rotatable bonds is 5. The molecule has 0 amide bonds. The average molecular weight is 286 g/mol. The molecule has 0 bridgehead atoms. The van der Waals surface area contributed by atoms with Gasteiger partial charge in [-0.25, -0.2) is 0 Å². The third-order valence-corrected chi connectivity index (χ3v) is 3.41. The average Bonchev–Trinajstić information content (AvgIpc) is 2.42. The summed E-state index contributed by atoms with van der Waals surface area (Å²) in [5, 5.41) is 0. The van der Waals surface area contributed by atoms with Gasteiger partial charge in [-0.05, 0) is 42.9 Å². The molecule has 0 unspecified atom stereocenters. The Morgan fingerprint density at radius 3 is 2.55 bits per heavy atom. The molecular formula is C15H17F3O2. The zero-order valence-corrected chi connectivity index (χ0v) is 11.1. The van der Waals surface area contributed by atoms with Gasteiger partial charge in [0.05, 0.1) is 6.61 Å². The summed E-state index contributed by atoms with van der Waals surface area (Å²) in [7, 11) is 0. The SMILES string of the molecule is O=C(CCOCC(F)(F)F)c1ccc2c(c1)CCCC2. The summed E-state index contributed by atoms with van der Waals surface area (Å²) in [6.45, 7) is -1.50. The number of ketones is 1. The van der Waals surface area contributed by atoms with Crippen molar-refractivity contribution in [1.82, 2.24) is 0 Å². The second-order valence-electron chi connectivity index (χ2n) is 5.03. The molecule has 1 aliphatic rings. The lowest BCUT2D eigenvalue weighted by Crippen LogP contribution is -2.18. The number of Topliss-reactive ketones (excluding diaryl/α,β-unsaturated/α-hetero) is 1. The number of hydrogen-bond acceptors (Lipinski definition) is 2. The Morgan fingerprint density at radius 2 is 1.85 bits per heavy atom. The standard InChI is InChI=1S/C15H17F3O2/c16-15(17,18)10-20-8-7-14(19)13-6-5-11-3-1-2-4-12(11)9-13/h5-6,9H,1-4,7-8,10H2. The topological polar surface area (TPSA) is 26.3 Å². The molecule has 0 saturated heterocycles. The number of carbonyl (C=O) groups excluding carboxylic acids is 1. The van der Waals surface area contributed by atoms with Crippen molar-refractivity contribution in [1.29, 1.82) is 0 Å². The number of halogens is 3. The second kappa shape index (κ2) is 6.39. The van der Waals surface area contributed by atoms with Crippen LogP contribution >= 0.6 is 0 Å². The summed E-state index contributed by atoms with van der Waals surface area (Å²) in [6, 6.07) is 5.59. The zero-order chi connectivity index (χ0) is 14.6. The van der Waals surface area contributed by atoms with E-state index in [4.69, 9.17) is 0 Å². The van der Waals surface area contributed by atoms with Crippen LogP contribution in [-0.4, -0.2) is 25.2 Å². The first-order valence-corrected chi connectivity index (χ1v) is 6.75.